The Morgan fingerprint density at radius 1 is 1.12 bits per heavy atom. The summed E-state index contributed by atoms with van der Waals surface area (Å²) in [5.74, 6) is -0.745. The lowest BCUT2D eigenvalue weighted by atomic mass is 9.95. The monoisotopic (exact) mass is 240 g/mol. The standard InChI is InChI=1S/C13H24N2O2/c1-14-7-3-5-12(6-9-14)15-8-2-4-11(10-15)13(16)17/h11-12H,2-10H2,1H3,(H,16,17). The Hall–Kier alpha value is -0.610. The summed E-state index contributed by atoms with van der Waals surface area (Å²) in [4.78, 5) is 15.9. The Morgan fingerprint density at radius 2 is 1.88 bits per heavy atom. The maximum atomic E-state index is 11.1. The SMILES string of the molecule is CN1CCCC(N2CCCC(C(=O)O)C2)CC1. The summed E-state index contributed by atoms with van der Waals surface area (Å²) in [6, 6.07) is 0.613. The third-order valence-electron chi connectivity index (χ3n) is 4.24. The second-order valence-electron chi connectivity index (χ2n) is 5.56. The molecule has 4 nitrogen and oxygen atoms in total. The van der Waals surface area contributed by atoms with Crippen molar-refractivity contribution >= 4 is 5.97 Å². The lowest BCUT2D eigenvalue weighted by Gasteiger charge is -2.36. The van der Waals surface area contributed by atoms with Gasteiger partial charge in [0, 0.05) is 12.6 Å². The molecular formula is C13H24N2O2. The Balaban J connectivity index is 1.90. The number of likely N-dealkylation sites (tertiary alicyclic amines) is 2. The van der Waals surface area contributed by atoms with Gasteiger partial charge in [-0.15, -0.1) is 0 Å². The molecule has 4 heteroatoms. The molecule has 2 heterocycles. The highest BCUT2D eigenvalue weighted by molar-refractivity contribution is 5.70. The Labute approximate surface area is 104 Å². The Bertz CT molecular complexity index is 270. The molecule has 2 saturated heterocycles. The van der Waals surface area contributed by atoms with E-state index >= 15 is 0 Å². The predicted octanol–water partition coefficient (Wildman–Crippen LogP) is 1.27. The maximum absolute atomic E-state index is 11.1. The molecular weight excluding hydrogens is 216 g/mol. The molecule has 2 unspecified atom stereocenters. The topological polar surface area (TPSA) is 43.8 Å². The molecule has 2 rings (SSSR count). The summed E-state index contributed by atoms with van der Waals surface area (Å²) in [5.41, 5.74) is 0. The number of hydrogen-bond acceptors (Lipinski definition) is 3. The van der Waals surface area contributed by atoms with Gasteiger partial charge in [0.25, 0.3) is 0 Å². The first-order chi connectivity index (χ1) is 8.16. The fourth-order valence-electron chi connectivity index (χ4n) is 3.13. The zero-order valence-corrected chi connectivity index (χ0v) is 10.8. The van der Waals surface area contributed by atoms with Crippen molar-refractivity contribution in [2.45, 2.75) is 38.1 Å². The van der Waals surface area contributed by atoms with E-state index in [2.05, 4.69) is 16.8 Å². The van der Waals surface area contributed by atoms with Crippen molar-refractivity contribution < 1.29 is 9.90 Å². The van der Waals surface area contributed by atoms with Crippen LogP contribution in [-0.2, 0) is 4.79 Å². The average Bonchev–Trinajstić information content (AvgIpc) is 2.54. The molecule has 2 atom stereocenters. The van der Waals surface area contributed by atoms with Crippen LogP contribution >= 0.6 is 0 Å². The highest BCUT2D eigenvalue weighted by Crippen LogP contribution is 2.23. The Kier molecular flexibility index (Phi) is 4.40. The number of carbonyl (C=O) groups is 1. The van der Waals surface area contributed by atoms with Gasteiger partial charge in [-0.3, -0.25) is 9.69 Å². The molecule has 2 aliphatic rings. The summed E-state index contributed by atoms with van der Waals surface area (Å²) in [7, 11) is 2.18. The highest BCUT2D eigenvalue weighted by Gasteiger charge is 2.30. The van der Waals surface area contributed by atoms with Crippen molar-refractivity contribution in [1.29, 1.82) is 0 Å². The molecule has 0 aromatic carbocycles. The number of hydrogen-bond donors (Lipinski definition) is 1. The molecule has 2 aliphatic heterocycles. The van der Waals surface area contributed by atoms with E-state index in [-0.39, 0.29) is 5.92 Å². The predicted molar refractivity (Wildman–Crippen MR) is 67.1 cm³/mol. The Morgan fingerprint density at radius 3 is 2.65 bits per heavy atom. The highest BCUT2D eigenvalue weighted by atomic mass is 16.4. The van der Waals surface area contributed by atoms with Crippen LogP contribution in [0.3, 0.4) is 0 Å². The zero-order chi connectivity index (χ0) is 12.3. The molecule has 0 saturated carbocycles. The number of carboxylic acids is 1. The summed E-state index contributed by atoms with van der Waals surface area (Å²) < 4.78 is 0. The molecule has 0 spiro atoms. The molecule has 0 radical (unpaired) electrons. The van der Waals surface area contributed by atoms with Crippen molar-refractivity contribution in [2.75, 3.05) is 33.2 Å². The lowest BCUT2D eigenvalue weighted by molar-refractivity contribution is -0.144. The van der Waals surface area contributed by atoms with Crippen LogP contribution in [0.4, 0.5) is 0 Å². The fraction of sp³-hybridized carbons (Fsp3) is 0.923. The van der Waals surface area contributed by atoms with Crippen molar-refractivity contribution in [1.82, 2.24) is 9.80 Å². The smallest absolute Gasteiger partial charge is 0.307 e. The zero-order valence-electron chi connectivity index (χ0n) is 10.8. The van der Waals surface area contributed by atoms with Crippen LogP contribution in [0.1, 0.15) is 32.1 Å². The molecule has 17 heavy (non-hydrogen) atoms. The first-order valence-corrected chi connectivity index (χ1v) is 6.82. The number of carboxylic acid groups (broad SMARTS) is 1. The van der Waals surface area contributed by atoms with Gasteiger partial charge in [-0.1, -0.05) is 0 Å². The fourth-order valence-corrected chi connectivity index (χ4v) is 3.13. The second-order valence-corrected chi connectivity index (χ2v) is 5.56. The first-order valence-electron chi connectivity index (χ1n) is 6.82. The normalized spacial score (nSPS) is 33.2. The van der Waals surface area contributed by atoms with Gasteiger partial charge in [-0.05, 0) is 58.8 Å². The lowest BCUT2D eigenvalue weighted by Crippen LogP contribution is -2.45. The molecule has 0 aromatic heterocycles. The summed E-state index contributed by atoms with van der Waals surface area (Å²) in [6.07, 6.45) is 5.58. The van der Waals surface area contributed by atoms with E-state index in [1.54, 1.807) is 0 Å². The van der Waals surface area contributed by atoms with Gasteiger partial charge in [-0.2, -0.15) is 0 Å². The quantitative estimate of drug-likeness (QED) is 0.789. The van der Waals surface area contributed by atoms with Crippen LogP contribution in [-0.4, -0.2) is 60.1 Å². The molecule has 0 aromatic rings. The van der Waals surface area contributed by atoms with Crippen LogP contribution < -0.4 is 0 Å². The van der Waals surface area contributed by atoms with Crippen molar-refractivity contribution in [3.8, 4) is 0 Å². The van der Waals surface area contributed by atoms with E-state index < -0.39 is 5.97 Å². The van der Waals surface area contributed by atoms with E-state index in [1.807, 2.05) is 0 Å². The minimum Gasteiger partial charge on any atom is -0.481 e. The number of nitrogens with zero attached hydrogens (tertiary/aromatic N) is 2. The van der Waals surface area contributed by atoms with Crippen LogP contribution in [0.25, 0.3) is 0 Å². The van der Waals surface area contributed by atoms with Crippen LogP contribution in [0.15, 0.2) is 0 Å². The van der Waals surface area contributed by atoms with Crippen molar-refractivity contribution in [3.63, 3.8) is 0 Å². The van der Waals surface area contributed by atoms with Gasteiger partial charge in [0.1, 0.15) is 0 Å². The molecule has 2 fully saturated rings. The van der Waals surface area contributed by atoms with E-state index in [1.165, 1.54) is 25.8 Å². The van der Waals surface area contributed by atoms with Gasteiger partial charge in [0.05, 0.1) is 5.92 Å². The van der Waals surface area contributed by atoms with Gasteiger partial charge in [0.2, 0.25) is 0 Å². The number of piperidine rings is 1. The van der Waals surface area contributed by atoms with E-state index in [4.69, 9.17) is 5.11 Å². The largest absolute Gasteiger partial charge is 0.481 e. The van der Waals surface area contributed by atoms with Crippen LogP contribution in [0.5, 0.6) is 0 Å². The summed E-state index contributed by atoms with van der Waals surface area (Å²) >= 11 is 0. The van der Waals surface area contributed by atoms with Crippen molar-refractivity contribution in [2.24, 2.45) is 5.92 Å². The van der Waals surface area contributed by atoms with Gasteiger partial charge < -0.3 is 10.0 Å². The second kappa shape index (κ2) is 5.83. The third-order valence-corrected chi connectivity index (χ3v) is 4.24. The first kappa shape index (κ1) is 12.8. The average molecular weight is 240 g/mol. The van der Waals surface area contributed by atoms with Crippen LogP contribution in [0, 0.1) is 5.92 Å². The summed E-state index contributed by atoms with van der Waals surface area (Å²) in [5, 5.41) is 9.12. The molecule has 1 N–H and O–H groups in total. The van der Waals surface area contributed by atoms with Crippen molar-refractivity contribution in [3.05, 3.63) is 0 Å². The van der Waals surface area contributed by atoms with Gasteiger partial charge in [-0.25, -0.2) is 0 Å². The maximum Gasteiger partial charge on any atom is 0.307 e. The number of rotatable bonds is 2. The minimum atomic E-state index is -0.611. The molecule has 0 amide bonds. The summed E-state index contributed by atoms with van der Waals surface area (Å²) in [6.45, 7) is 4.20. The van der Waals surface area contributed by atoms with Crippen LogP contribution in [0.2, 0.25) is 0 Å². The van der Waals surface area contributed by atoms with Gasteiger partial charge in [0.15, 0.2) is 0 Å². The molecule has 0 aliphatic carbocycles. The number of aliphatic carboxylic acids is 1. The van der Waals surface area contributed by atoms with Gasteiger partial charge >= 0.3 is 5.97 Å². The van der Waals surface area contributed by atoms with E-state index in [0.29, 0.717) is 6.04 Å². The van der Waals surface area contributed by atoms with E-state index in [0.717, 1.165) is 32.5 Å². The third kappa shape index (κ3) is 3.42. The minimum absolute atomic E-state index is 0.135. The van der Waals surface area contributed by atoms with E-state index in [9.17, 15) is 4.79 Å². The molecule has 98 valence electrons. The molecule has 0 bridgehead atoms.